The molecule has 1 aliphatic rings. The number of anilines is 2. The van der Waals surface area contributed by atoms with Crippen LogP contribution >= 0.6 is 0 Å². The number of aromatic nitrogens is 2. The average molecular weight is 397 g/mol. The van der Waals surface area contributed by atoms with Crippen LogP contribution in [-0.2, 0) is 11.3 Å². The Bertz CT molecular complexity index is 1260. The van der Waals surface area contributed by atoms with Gasteiger partial charge in [0.1, 0.15) is 11.9 Å². The van der Waals surface area contributed by atoms with Gasteiger partial charge in [0, 0.05) is 25.3 Å². The zero-order valence-corrected chi connectivity index (χ0v) is 16.9. The van der Waals surface area contributed by atoms with Crippen LogP contribution < -0.4 is 10.2 Å². The Morgan fingerprint density at radius 1 is 1.10 bits per heavy atom. The number of imidazole rings is 1. The number of hydrogen-bond donors (Lipinski definition) is 1. The molecule has 6 nitrogen and oxygen atoms in total. The predicted octanol–water partition coefficient (Wildman–Crippen LogP) is 4.12. The summed E-state index contributed by atoms with van der Waals surface area (Å²) < 4.78 is 7.57. The highest BCUT2D eigenvalue weighted by atomic mass is 16.5. The molecule has 2 aromatic carbocycles. The van der Waals surface area contributed by atoms with Crippen LogP contribution in [-0.4, -0.2) is 35.7 Å². The van der Waals surface area contributed by atoms with E-state index in [0.717, 1.165) is 48.7 Å². The van der Waals surface area contributed by atoms with Crippen LogP contribution in [0.25, 0.3) is 16.7 Å². The normalized spacial score (nSPS) is 14.2. The van der Waals surface area contributed by atoms with Crippen molar-refractivity contribution in [1.29, 1.82) is 5.26 Å². The average Bonchev–Trinajstić information content (AvgIpc) is 3.18. The molecule has 4 aromatic rings. The first-order valence-corrected chi connectivity index (χ1v) is 10.2. The Morgan fingerprint density at radius 3 is 2.70 bits per heavy atom. The Labute approximate surface area is 175 Å². The van der Waals surface area contributed by atoms with Gasteiger partial charge in [0.05, 0.1) is 29.8 Å². The Hall–Kier alpha value is -3.56. The third-order valence-corrected chi connectivity index (χ3v) is 5.69. The highest BCUT2D eigenvalue weighted by Gasteiger charge is 2.17. The van der Waals surface area contributed by atoms with Crippen molar-refractivity contribution in [2.24, 2.45) is 0 Å². The molecule has 30 heavy (non-hydrogen) atoms. The van der Waals surface area contributed by atoms with Crippen molar-refractivity contribution in [3.63, 3.8) is 0 Å². The molecular weight excluding hydrogens is 374 g/mol. The van der Waals surface area contributed by atoms with Crippen molar-refractivity contribution in [3.05, 3.63) is 71.3 Å². The monoisotopic (exact) mass is 397 g/mol. The lowest BCUT2D eigenvalue weighted by Gasteiger charge is -2.30. The van der Waals surface area contributed by atoms with Crippen molar-refractivity contribution in [2.75, 3.05) is 36.5 Å². The highest BCUT2D eigenvalue weighted by molar-refractivity contribution is 5.85. The summed E-state index contributed by atoms with van der Waals surface area (Å²) in [6.45, 7) is 5.98. The third-order valence-electron chi connectivity index (χ3n) is 5.69. The quantitative estimate of drug-likeness (QED) is 0.561. The molecule has 0 unspecified atom stereocenters. The number of pyridine rings is 1. The maximum absolute atomic E-state index is 9.68. The first-order valence-electron chi connectivity index (χ1n) is 10.2. The molecule has 1 N–H and O–H groups in total. The molecule has 0 aliphatic carbocycles. The summed E-state index contributed by atoms with van der Waals surface area (Å²) in [6, 6.07) is 20.9. The van der Waals surface area contributed by atoms with Crippen molar-refractivity contribution in [3.8, 4) is 6.07 Å². The summed E-state index contributed by atoms with van der Waals surface area (Å²) in [7, 11) is 0. The number of morpholine rings is 1. The van der Waals surface area contributed by atoms with Crippen LogP contribution in [0.3, 0.4) is 0 Å². The van der Waals surface area contributed by atoms with E-state index >= 15 is 0 Å². The summed E-state index contributed by atoms with van der Waals surface area (Å²) in [5.41, 5.74) is 6.59. The Morgan fingerprint density at radius 2 is 1.87 bits per heavy atom. The number of fused-ring (bicyclic) bond motifs is 3. The van der Waals surface area contributed by atoms with E-state index in [2.05, 4.69) is 45.0 Å². The van der Waals surface area contributed by atoms with Crippen LogP contribution in [0, 0.1) is 18.3 Å². The van der Waals surface area contributed by atoms with Crippen LogP contribution in [0.4, 0.5) is 11.5 Å². The molecule has 0 spiro atoms. The van der Waals surface area contributed by atoms with E-state index in [0.29, 0.717) is 17.8 Å². The van der Waals surface area contributed by atoms with Crippen molar-refractivity contribution in [1.82, 2.24) is 9.38 Å². The van der Waals surface area contributed by atoms with E-state index in [4.69, 9.17) is 9.72 Å². The molecule has 0 bridgehead atoms. The molecule has 1 aliphatic heterocycles. The molecule has 3 heterocycles. The molecule has 5 rings (SSSR count). The fourth-order valence-electron chi connectivity index (χ4n) is 4.18. The minimum absolute atomic E-state index is 0.616. The van der Waals surface area contributed by atoms with Gasteiger partial charge in [-0.3, -0.25) is 4.40 Å². The second kappa shape index (κ2) is 7.69. The van der Waals surface area contributed by atoms with Gasteiger partial charge in [-0.15, -0.1) is 0 Å². The largest absolute Gasteiger partial charge is 0.378 e. The second-order valence-electron chi connectivity index (χ2n) is 7.54. The molecule has 0 amide bonds. The third kappa shape index (κ3) is 3.14. The van der Waals surface area contributed by atoms with E-state index < -0.39 is 0 Å². The Balaban J connectivity index is 1.55. The van der Waals surface area contributed by atoms with Gasteiger partial charge in [0.15, 0.2) is 5.65 Å². The first-order chi connectivity index (χ1) is 14.8. The molecular formula is C24H23N5O. The number of aryl methyl sites for hydroxylation is 1. The number of nitrogens with zero attached hydrogens (tertiary/aromatic N) is 4. The number of para-hydroxylation sites is 3. The molecule has 2 aromatic heterocycles. The summed E-state index contributed by atoms with van der Waals surface area (Å²) in [4.78, 5) is 7.11. The van der Waals surface area contributed by atoms with Crippen LogP contribution in [0.5, 0.6) is 0 Å². The highest BCUT2D eigenvalue weighted by Crippen LogP contribution is 2.28. The lowest BCUT2D eigenvalue weighted by molar-refractivity contribution is 0.122. The number of rotatable bonds is 4. The second-order valence-corrected chi connectivity index (χ2v) is 7.54. The Kier molecular flexibility index (Phi) is 4.74. The zero-order valence-electron chi connectivity index (χ0n) is 16.9. The van der Waals surface area contributed by atoms with Crippen molar-refractivity contribution >= 4 is 28.2 Å². The molecule has 0 radical (unpaired) electrons. The maximum atomic E-state index is 9.68. The first kappa shape index (κ1) is 18.5. The number of nitrogens with one attached hydrogen (secondary N) is 1. The molecule has 6 heteroatoms. The van der Waals surface area contributed by atoms with E-state index in [-0.39, 0.29) is 0 Å². The molecule has 1 saturated heterocycles. The standard InChI is InChI=1S/C24H23N5O/c1-17-14-23(29-22-9-5-3-7-20(22)27-24(29)19(17)15-25)26-16-18-6-2-4-8-21(18)28-10-12-30-13-11-28/h2-9,14,26H,10-13,16H2,1H3. The topological polar surface area (TPSA) is 65.6 Å². The van der Waals surface area contributed by atoms with Gasteiger partial charge in [-0.25, -0.2) is 4.98 Å². The zero-order chi connectivity index (χ0) is 20.5. The molecule has 0 atom stereocenters. The summed E-state index contributed by atoms with van der Waals surface area (Å²) in [5.74, 6) is 0.937. The van der Waals surface area contributed by atoms with Gasteiger partial charge in [-0.05, 0) is 42.3 Å². The van der Waals surface area contributed by atoms with E-state index in [1.54, 1.807) is 0 Å². The van der Waals surface area contributed by atoms with Gasteiger partial charge in [0.2, 0.25) is 0 Å². The number of ether oxygens (including phenoxy) is 1. The van der Waals surface area contributed by atoms with Crippen LogP contribution in [0.1, 0.15) is 16.7 Å². The predicted molar refractivity (Wildman–Crippen MR) is 119 cm³/mol. The molecule has 0 saturated carbocycles. The van der Waals surface area contributed by atoms with Crippen molar-refractivity contribution in [2.45, 2.75) is 13.5 Å². The van der Waals surface area contributed by atoms with E-state index in [1.165, 1.54) is 11.3 Å². The lowest BCUT2D eigenvalue weighted by atomic mass is 10.1. The smallest absolute Gasteiger partial charge is 0.157 e. The molecule has 150 valence electrons. The minimum Gasteiger partial charge on any atom is -0.378 e. The van der Waals surface area contributed by atoms with Crippen LogP contribution in [0.2, 0.25) is 0 Å². The van der Waals surface area contributed by atoms with Gasteiger partial charge in [-0.1, -0.05) is 30.3 Å². The summed E-state index contributed by atoms with van der Waals surface area (Å²) in [5, 5.41) is 13.3. The van der Waals surface area contributed by atoms with Crippen molar-refractivity contribution < 1.29 is 4.74 Å². The summed E-state index contributed by atoms with van der Waals surface area (Å²) in [6.07, 6.45) is 0. The summed E-state index contributed by atoms with van der Waals surface area (Å²) >= 11 is 0. The van der Waals surface area contributed by atoms with Gasteiger partial charge >= 0.3 is 0 Å². The number of benzene rings is 2. The fourth-order valence-corrected chi connectivity index (χ4v) is 4.18. The van der Waals surface area contributed by atoms with Gasteiger partial charge in [-0.2, -0.15) is 5.26 Å². The van der Waals surface area contributed by atoms with Gasteiger partial charge < -0.3 is 15.0 Å². The van der Waals surface area contributed by atoms with E-state index in [1.807, 2.05) is 37.3 Å². The maximum Gasteiger partial charge on any atom is 0.157 e. The van der Waals surface area contributed by atoms with Crippen LogP contribution in [0.15, 0.2) is 54.6 Å². The minimum atomic E-state index is 0.616. The fraction of sp³-hybridized carbons (Fsp3) is 0.250. The van der Waals surface area contributed by atoms with E-state index in [9.17, 15) is 5.26 Å². The number of hydrogen-bond acceptors (Lipinski definition) is 5. The SMILES string of the molecule is Cc1cc(NCc2ccccc2N2CCOCC2)n2c(nc3ccccc32)c1C#N. The molecule has 1 fully saturated rings. The number of nitriles is 1. The lowest BCUT2D eigenvalue weighted by Crippen LogP contribution is -2.36. The van der Waals surface area contributed by atoms with Gasteiger partial charge in [0.25, 0.3) is 0 Å².